The molecule has 2 aliphatic heterocycles. The lowest BCUT2D eigenvalue weighted by Gasteiger charge is -2.20. The molecule has 0 aromatic heterocycles. The number of likely N-dealkylation sites (tertiary alicyclic amines) is 1. The maximum atomic E-state index is 13.4. The van der Waals surface area contributed by atoms with Gasteiger partial charge in [-0.15, -0.1) is 0 Å². The van der Waals surface area contributed by atoms with Crippen LogP contribution in [0.3, 0.4) is 0 Å². The van der Waals surface area contributed by atoms with E-state index in [-0.39, 0.29) is 5.91 Å². The monoisotopic (exact) mass is 350 g/mol. The first-order chi connectivity index (χ1) is 11.9. The minimum atomic E-state index is -2.96. The van der Waals surface area contributed by atoms with Crippen molar-refractivity contribution in [3.8, 4) is 0 Å². The molecule has 7 heteroatoms. The van der Waals surface area contributed by atoms with E-state index >= 15 is 0 Å². The Hall–Kier alpha value is -2.28. The summed E-state index contributed by atoms with van der Waals surface area (Å²) in [5.41, 5.74) is 1.54. The Morgan fingerprint density at radius 2 is 2.04 bits per heavy atom. The van der Waals surface area contributed by atoms with E-state index in [2.05, 4.69) is 0 Å². The summed E-state index contributed by atoms with van der Waals surface area (Å²) in [5.74, 6) is -3.40. The summed E-state index contributed by atoms with van der Waals surface area (Å²) in [7, 11) is 0. The predicted octanol–water partition coefficient (Wildman–Crippen LogP) is 2.06. The highest BCUT2D eigenvalue weighted by atomic mass is 19.3. The Balaban J connectivity index is 1.65. The minimum absolute atomic E-state index is 0.100. The van der Waals surface area contributed by atoms with Crippen molar-refractivity contribution < 1.29 is 23.5 Å². The predicted molar refractivity (Wildman–Crippen MR) is 89.2 cm³/mol. The van der Waals surface area contributed by atoms with E-state index in [1.807, 2.05) is 0 Å². The van der Waals surface area contributed by atoms with Gasteiger partial charge in [0.25, 0.3) is 5.92 Å². The molecule has 1 aromatic rings. The maximum absolute atomic E-state index is 13.4. The number of nitrogens with zero attached hydrogens (tertiary/aromatic N) is 2. The molecule has 1 unspecified atom stereocenters. The molecule has 134 valence electrons. The number of aliphatic hydroxyl groups is 1. The number of halogens is 2. The van der Waals surface area contributed by atoms with Gasteiger partial charge in [-0.1, -0.05) is 12.1 Å². The minimum Gasteiger partial charge on any atom is -0.394 e. The molecule has 1 aromatic carbocycles. The third-order valence-corrected chi connectivity index (χ3v) is 4.57. The molecule has 2 aliphatic rings. The van der Waals surface area contributed by atoms with Gasteiger partial charge in [0, 0.05) is 31.1 Å². The number of alkyl halides is 2. The second-order valence-electron chi connectivity index (χ2n) is 6.44. The molecule has 0 bridgehead atoms. The summed E-state index contributed by atoms with van der Waals surface area (Å²) in [6, 6.07) is 6.29. The summed E-state index contributed by atoms with van der Waals surface area (Å²) in [5, 5.41) is 9.18. The van der Waals surface area contributed by atoms with Crippen LogP contribution in [0.25, 0.3) is 6.08 Å². The first-order valence-electron chi connectivity index (χ1n) is 8.27. The summed E-state index contributed by atoms with van der Waals surface area (Å²) < 4.78 is 26.8. The van der Waals surface area contributed by atoms with Gasteiger partial charge in [-0.2, -0.15) is 0 Å². The summed E-state index contributed by atoms with van der Waals surface area (Å²) in [4.78, 5) is 26.6. The molecule has 2 amide bonds. The van der Waals surface area contributed by atoms with E-state index in [0.717, 1.165) is 22.6 Å². The van der Waals surface area contributed by atoms with E-state index in [0.29, 0.717) is 13.0 Å². The van der Waals surface area contributed by atoms with Crippen molar-refractivity contribution in [2.45, 2.75) is 31.2 Å². The number of hydrogen-bond acceptors (Lipinski definition) is 3. The van der Waals surface area contributed by atoms with Gasteiger partial charge in [-0.05, 0) is 30.2 Å². The largest absolute Gasteiger partial charge is 0.394 e. The first-order valence-corrected chi connectivity index (χ1v) is 8.27. The fourth-order valence-electron chi connectivity index (χ4n) is 3.27. The van der Waals surface area contributed by atoms with E-state index < -0.39 is 37.4 Å². The van der Waals surface area contributed by atoms with Crippen LogP contribution in [-0.2, 0) is 9.59 Å². The lowest BCUT2D eigenvalue weighted by molar-refractivity contribution is -0.128. The molecule has 5 nitrogen and oxygen atoms in total. The fraction of sp³-hybridized carbons (Fsp3) is 0.444. The van der Waals surface area contributed by atoms with Crippen molar-refractivity contribution in [3.63, 3.8) is 0 Å². The topological polar surface area (TPSA) is 60.9 Å². The van der Waals surface area contributed by atoms with E-state index in [1.54, 1.807) is 35.2 Å². The molecule has 0 radical (unpaired) electrons. The zero-order valence-electron chi connectivity index (χ0n) is 13.7. The van der Waals surface area contributed by atoms with E-state index in [9.17, 15) is 23.5 Å². The lowest BCUT2D eigenvalue weighted by atomic mass is 10.1. The Morgan fingerprint density at radius 1 is 1.32 bits per heavy atom. The first kappa shape index (κ1) is 17.5. The van der Waals surface area contributed by atoms with Crippen LogP contribution in [0, 0.1) is 0 Å². The Bertz CT molecular complexity index is 688. The van der Waals surface area contributed by atoms with Crippen molar-refractivity contribution in [2.24, 2.45) is 0 Å². The van der Waals surface area contributed by atoms with Crippen molar-refractivity contribution in [3.05, 3.63) is 35.9 Å². The molecule has 0 spiro atoms. The summed E-state index contributed by atoms with van der Waals surface area (Å²) in [6.07, 6.45) is 3.68. The number of carbonyl (C=O) groups is 2. The molecule has 2 heterocycles. The van der Waals surface area contributed by atoms with Crippen LogP contribution in [0.2, 0.25) is 0 Å². The highest BCUT2D eigenvalue weighted by Gasteiger charge is 2.46. The number of aliphatic hydroxyl groups excluding tert-OH is 1. The molecular formula is C18H20F2N2O3. The quantitative estimate of drug-likeness (QED) is 0.846. The van der Waals surface area contributed by atoms with Crippen molar-refractivity contribution >= 4 is 23.6 Å². The number of rotatable bonds is 4. The number of carbonyl (C=O) groups excluding carboxylic acids is 2. The van der Waals surface area contributed by atoms with Gasteiger partial charge in [-0.25, -0.2) is 8.78 Å². The average Bonchev–Trinajstić information content (AvgIpc) is 3.15. The van der Waals surface area contributed by atoms with Crippen LogP contribution in [0.15, 0.2) is 30.3 Å². The fourth-order valence-corrected chi connectivity index (χ4v) is 3.27. The molecule has 3 rings (SSSR count). The standard InChI is InChI=1S/C18H20F2N2O3/c19-18(20)10-15(11-23)22(12-18)17(25)8-5-13-3-6-14(7-4-13)21-9-1-2-16(21)24/h3-8,15,23H,1-2,9-12H2/b8-5+. The highest BCUT2D eigenvalue weighted by molar-refractivity contribution is 5.95. The number of benzene rings is 1. The third-order valence-electron chi connectivity index (χ3n) is 4.57. The Morgan fingerprint density at radius 3 is 2.64 bits per heavy atom. The second kappa shape index (κ2) is 6.92. The van der Waals surface area contributed by atoms with Crippen LogP contribution >= 0.6 is 0 Å². The van der Waals surface area contributed by atoms with Crippen LogP contribution in [-0.4, -0.2) is 53.5 Å². The van der Waals surface area contributed by atoms with Gasteiger partial charge in [0.05, 0.1) is 19.2 Å². The van der Waals surface area contributed by atoms with Gasteiger partial charge in [0.2, 0.25) is 11.8 Å². The number of amides is 2. The molecule has 2 saturated heterocycles. The number of hydrogen-bond donors (Lipinski definition) is 1. The lowest BCUT2D eigenvalue weighted by Crippen LogP contribution is -2.37. The third kappa shape index (κ3) is 3.87. The van der Waals surface area contributed by atoms with Gasteiger partial charge in [0.1, 0.15) is 0 Å². The van der Waals surface area contributed by atoms with Crippen LogP contribution < -0.4 is 4.90 Å². The molecule has 1 atom stereocenters. The Kier molecular flexibility index (Phi) is 4.85. The summed E-state index contributed by atoms with van der Waals surface area (Å²) in [6.45, 7) is -0.441. The molecule has 25 heavy (non-hydrogen) atoms. The molecular weight excluding hydrogens is 330 g/mol. The van der Waals surface area contributed by atoms with Gasteiger partial charge in [-0.3, -0.25) is 9.59 Å². The van der Waals surface area contributed by atoms with Crippen LogP contribution in [0.5, 0.6) is 0 Å². The van der Waals surface area contributed by atoms with Crippen LogP contribution in [0.1, 0.15) is 24.8 Å². The zero-order chi connectivity index (χ0) is 18.0. The highest BCUT2D eigenvalue weighted by Crippen LogP contribution is 2.32. The van der Waals surface area contributed by atoms with Gasteiger partial charge in [0.15, 0.2) is 0 Å². The Labute approximate surface area is 144 Å². The molecule has 0 aliphatic carbocycles. The molecule has 2 fully saturated rings. The van der Waals surface area contributed by atoms with Crippen molar-refractivity contribution in [1.82, 2.24) is 4.90 Å². The average molecular weight is 350 g/mol. The van der Waals surface area contributed by atoms with E-state index in [4.69, 9.17) is 0 Å². The molecule has 0 saturated carbocycles. The normalized spacial score (nSPS) is 23.0. The van der Waals surface area contributed by atoms with Gasteiger partial charge < -0.3 is 14.9 Å². The van der Waals surface area contributed by atoms with Crippen LogP contribution in [0.4, 0.5) is 14.5 Å². The maximum Gasteiger partial charge on any atom is 0.267 e. The zero-order valence-corrected chi connectivity index (χ0v) is 13.7. The molecule has 1 N–H and O–H groups in total. The van der Waals surface area contributed by atoms with E-state index in [1.165, 1.54) is 6.08 Å². The summed E-state index contributed by atoms with van der Waals surface area (Å²) >= 11 is 0. The van der Waals surface area contributed by atoms with Crippen molar-refractivity contribution in [2.75, 3.05) is 24.6 Å². The second-order valence-corrected chi connectivity index (χ2v) is 6.44. The smallest absolute Gasteiger partial charge is 0.267 e. The van der Waals surface area contributed by atoms with Crippen molar-refractivity contribution in [1.29, 1.82) is 0 Å². The number of anilines is 1. The SMILES string of the molecule is O=C1CCCN1c1ccc(/C=C/C(=O)N2CC(F)(F)CC2CO)cc1. The van der Waals surface area contributed by atoms with Gasteiger partial charge >= 0.3 is 0 Å².